The van der Waals surface area contributed by atoms with Crippen molar-refractivity contribution in [3.8, 4) is 5.75 Å². The van der Waals surface area contributed by atoms with E-state index in [1.54, 1.807) is 20.2 Å². The van der Waals surface area contributed by atoms with Crippen LogP contribution in [-0.4, -0.2) is 42.7 Å². The summed E-state index contributed by atoms with van der Waals surface area (Å²) in [6.07, 6.45) is -3.44. The zero-order valence-corrected chi connectivity index (χ0v) is 15.6. The van der Waals surface area contributed by atoms with Crippen LogP contribution in [0.25, 0.3) is 0 Å². The molecule has 25 heavy (non-hydrogen) atoms. The van der Waals surface area contributed by atoms with Crippen molar-refractivity contribution in [2.75, 3.05) is 14.2 Å². The standard InChI is InChI=1S/C18H27F3N2O2/c1-7-8-17(24,18(19,20)21)14-9-13(4)15(10-16(14)25-6)22-11-23(5)12(2)3/h9-12,24H,7-8H2,1-6H3. The highest BCUT2D eigenvalue weighted by Crippen LogP contribution is 2.47. The van der Waals surface area contributed by atoms with Crippen LogP contribution >= 0.6 is 0 Å². The predicted molar refractivity (Wildman–Crippen MR) is 93.6 cm³/mol. The lowest BCUT2D eigenvalue weighted by Gasteiger charge is -2.32. The number of hydrogen-bond acceptors (Lipinski definition) is 3. The van der Waals surface area contributed by atoms with E-state index in [0.29, 0.717) is 11.3 Å². The fraction of sp³-hybridized carbons (Fsp3) is 0.611. The van der Waals surface area contributed by atoms with Crippen molar-refractivity contribution in [2.24, 2.45) is 4.99 Å². The van der Waals surface area contributed by atoms with Gasteiger partial charge in [-0.2, -0.15) is 13.2 Å². The van der Waals surface area contributed by atoms with Crippen LogP contribution in [0.5, 0.6) is 5.75 Å². The van der Waals surface area contributed by atoms with Gasteiger partial charge in [0.05, 0.1) is 19.1 Å². The minimum Gasteiger partial charge on any atom is -0.496 e. The van der Waals surface area contributed by atoms with Crippen molar-refractivity contribution in [3.05, 3.63) is 23.3 Å². The molecule has 0 saturated carbocycles. The van der Waals surface area contributed by atoms with Crippen LogP contribution in [-0.2, 0) is 5.60 Å². The predicted octanol–water partition coefficient (Wildman–Crippen LogP) is 4.55. The van der Waals surface area contributed by atoms with E-state index in [1.807, 2.05) is 25.8 Å². The molecule has 0 radical (unpaired) electrons. The Labute approximate surface area is 147 Å². The number of halogens is 3. The second kappa shape index (κ2) is 8.08. The monoisotopic (exact) mass is 360 g/mol. The number of nitrogens with zero attached hydrogens (tertiary/aromatic N) is 2. The Morgan fingerprint density at radius 2 is 1.92 bits per heavy atom. The van der Waals surface area contributed by atoms with Crippen molar-refractivity contribution < 1.29 is 23.0 Å². The van der Waals surface area contributed by atoms with E-state index < -0.39 is 18.2 Å². The summed E-state index contributed by atoms with van der Waals surface area (Å²) in [5.41, 5.74) is -2.20. The van der Waals surface area contributed by atoms with Gasteiger partial charge in [0.15, 0.2) is 5.60 Å². The van der Waals surface area contributed by atoms with Crippen LogP contribution in [0.3, 0.4) is 0 Å². The third kappa shape index (κ3) is 4.66. The van der Waals surface area contributed by atoms with Crippen LogP contribution in [0.1, 0.15) is 44.7 Å². The summed E-state index contributed by atoms with van der Waals surface area (Å²) in [6.45, 7) is 7.25. The molecular weight excluding hydrogens is 333 g/mol. The third-order valence-electron chi connectivity index (χ3n) is 4.24. The van der Waals surface area contributed by atoms with Gasteiger partial charge in [-0.3, -0.25) is 0 Å². The van der Waals surface area contributed by atoms with Gasteiger partial charge in [-0.1, -0.05) is 13.3 Å². The summed E-state index contributed by atoms with van der Waals surface area (Å²) in [5, 5.41) is 10.4. The van der Waals surface area contributed by atoms with Crippen molar-refractivity contribution in [2.45, 2.75) is 58.4 Å². The highest BCUT2D eigenvalue weighted by molar-refractivity contribution is 5.65. The summed E-state index contributed by atoms with van der Waals surface area (Å²) in [5.74, 6) is -0.0294. The molecule has 0 aliphatic carbocycles. The van der Waals surface area contributed by atoms with Gasteiger partial charge < -0.3 is 14.7 Å². The summed E-state index contributed by atoms with van der Waals surface area (Å²) in [4.78, 5) is 6.20. The molecule has 142 valence electrons. The first-order chi connectivity index (χ1) is 11.5. The van der Waals surface area contributed by atoms with Crippen molar-refractivity contribution >= 4 is 12.0 Å². The number of alkyl halides is 3. The van der Waals surface area contributed by atoms with Gasteiger partial charge in [-0.15, -0.1) is 0 Å². The first-order valence-electron chi connectivity index (χ1n) is 8.22. The molecule has 4 nitrogen and oxygen atoms in total. The Morgan fingerprint density at radius 3 is 2.36 bits per heavy atom. The molecule has 0 aliphatic heterocycles. The number of hydrogen-bond donors (Lipinski definition) is 1. The highest BCUT2D eigenvalue weighted by Gasteiger charge is 2.55. The Bertz CT molecular complexity index is 615. The first kappa shape index (κ1) is 21.3. The van der Waals surface area contributed by atoms with Gasteiger partial charge in [0.25, 0.3) is 0 Å². The molecular formula is C18H27F3N2O2. The molecule has 0 aliphatic rings. The van der Waals surface area contributed by atoms with Gasteiger partial charge in [-0.05, 0) is 38.8 Å². The minimum absolute atomic E-state index is 0.0294. The minimum atomic E-state index is -4.80. The second-order valence-electron chi connectivity index (χ2n) is 6.45. The molecule has 1 N–H and O–H groups in total. The van der Waals surface area contributed by atoms with E-state index in [4.69, 9.17) is 4.74 Å². The number of benzene rings is 1. The number of aryl methyl sites for hydroxylation is 1. The largest absolute Gasteiger partial charge is 0.496 e. The fourth-order valence-electron chi connectivity index (χ4n) is 2.39. The van der Waals surface area contributed by atoms with Crippen LogP contribution < -0.4 is 4.74 Å². The Hall–Kier alpha value is -1.76. The van der Waals surface area contributed by atoms with E-state index in [-0.39, 0.29) is 23.8 Å². The molecule has 1 aromatic rings. The summed E-state index contributed by atoms with van der Waals surface area (Å²) in [6, 6.07) is 2.98. The molecule has 0 saturated heterocycles. The lowest BCUT2D eigenvalue weighted by Crippen LogP contribution is -2.42. The van der Waals surface area contributed by atoms with E-state index in [2.05, 4.69) is 4.99 Å². The number of ether oxygens (including phenoxy) is 1. The van der Waals surface area contributed by atoms with Gasteiger partial charge in [0.2, 0.25) is 0 Å². The lowest BCUT2D eigenvalue weighted by atomic mass is 9.86. The summed E-state index contributed by atoms with van der Waals surface area (Å²) >= 11 is 0. The maximum atomic E-state index is 13.5. The molecule has 0 heterocycles. The zero-order valence-electron chi connectivity index (χ0n) is 15.6. The molecule has 1 unspecified atom stereocenters. The van der Waals surface area contributed by atoms with Crippen LogP contribution in [0.15, 0.2) is 17.1 Å². The number of methoxy groups -OCH3 is 1. The van der Waals surface area contributed by atoms with E-state index in [9.17, 15) is 18.3 Å². The molecule has 1 aromatic carbocycles. The summed E-state index contributed by atoms with van der Waals surface area (Å²) in [7, 11) is 3.14. The molecule has 0 bridgehead atoms. The van der Waals surface area contributed by atoms with Crippen LogP contribution in [0, 0.1) is 6.92 Å². The quantitative estimate of drug-likeness (QED) is 0.573. The third-order valence-corrected chi connectivity index (χ3v) is 4.24. The zero-order chi connectivity index (χ0) is 19.4. The molecule has 0 spiro atoms. The van der Waals surface area contributed by atoms with Gasteiger partial charge >= 0.3 is 6.18 Å². The molecule has 0 fully saturated rings. The second-order valence-corrected chi connectivity index (χ2v) is 6.45. The van der Waals surface area contributed by atoms with Gasteiger partial charge in [0, 0.05) is 24.7 Å². The summed E-state index contributed by atoms with van der Waals surface area (Å²) < 4.78 is 45.7. The highest BCUT2D eigenvalue weighted by atomic mass is 19.4. The molecule has 0 aromatic heterocycles. The molecule has 7 heteroatoms. The molecule has 1 atom stereocenters. The Kier molecular flexibility index (Phi) is 6.88. The molecule has 1 rings (SSSR count). The number of aliphatic imine (C=N–C) groups is 1. The van der Waals surface area contributed by atoms with Crippen molar-refractivity contribution in [3.63, 3.8) is 0 Å². The maximum absolute atomic E-state index is 13.5. The first-order valence-corrected chi connectivity index (χ1v) is 8.22. The van der Waals surface area contributed by atoms with E-state index >= 15 is 0 Å². The molecule has 0 amide bonds. The topological polar surface area (TPSA) is 45.1 Å². The van der Waals surface area contributed by atoms with Crippen LogP contribution in [0.2, 0.25) is 0 Å². The van der Waals surface area contributed by atoms with Crippen molar-refractivity contribution in [1.82, 2.24) is 4.90 Å². The average Bonchev–Trinajstić information content (AvgIpc) is 2.51. The lowest BCUT2D eigenvalue weighted by molar-refractivity contribution is -0.269. The number of aliphatic hydroxyl groups is 1. The number of rotatable bonds is 7. The maximum Gasteiger partial charge on any atom is 0.421 e. The average molecular weight is 360 g/mol. The fourth-order valence-corrected chi connectivity index (χ4v) is 2.39. The Balaban J connectivity index is 3.43. The Morgan fingerprint density at radius 1 is 1.32 bits per heavy atom. The van der Waals surface area contributed by atoms with Crippen LogP contribution in [0.4, 0.5) is 18.9 Å². The van der Waals surface area contributed by atoms with E-state index in [0.717, 1.165) is 0 Å². The smallest absolute Gasteiger partial charge is 0.421 e. The normalized spacial score (nSPS) is 14.8. The SMILES string of the molecule is CCCC(O)(c1cc(C)c(N=CN(C)C(C)C)cc1OC)C(F)(F)F. The van der Waals surface area contributed by atoms with Gasteiger partial charge in [0.1, 0.15) is 5.75 Å². The van der Waals surface area contributed by atoms with Crippen molar-refractivity contribution in [1.29, 1.82) is 0 Å². The van der Waals surface area contributed by atoms with E-state index in [1.165, 1.54) is 19.2 Å². The van der Waals surface area contributed by atoms with Gasteiger partial charge in [-0.25, -0.2) is 4.99 Å².